The van der Waals surface area contributed by atoms with Crippen LogP contribution in [-0.4, -0.2) is 16.2 Å². The lowest BCUT2D eigenvalue weighted by atomic mass is 10.1. The van der Waals surface area contributed by atoms with Crippen LogP contribution in [0.4, 0.5) is 4.39 Å². The average molecular weight is 256 g/mol. The van der Waals surface area contributed by atoms with Crippen molar-refractivity contribution in [3.63, 3.8) is 0 Å². The highest BCUT2D eigenvalue weighted by Gasteiger charge is 2.23. The molecule has 1 heterocycles. The van der Waals surface area contributed by atoms with Gasteiger partial charge in [-0.1, -0.05) is 22.8 Å². The van der Waals surface area contributed by atoms with Gasteiger partial charge in [0.25, 0.3) is 0 Å². The van der Waals surface area contributed by atoms with Gasteiger partial charge in [0, 0.05) is 5.56 Å². The summed E-state index contributed by atoms with van der Waals surface area (Å²) in [4.78, 5) is 11.0. The average Bonchev–Trinajstić information content (AvgIpc) is 2.64. The van der Waals surface area contributed by atoms with E-state index >= 15 is 0 Å². The largest absolute Gasteiger partial charge is 0.477 e. The summed E-state index contributed by atoms with van der Waals surface area (Å²) in [6.45, 7) is 1.45. The van der Waals surface area contributed by atoms with Gasteiger partial charge in [0.15, 0.2) is 5.82 Å². The Hall–Kier alpha value is -1.88. The molecular formula is C11H7ClFNO3. The zero-order valence-corrected chi connectivity index (χ0v) is 9.45. The van der Waals surface area contributed by atoms with Gasteiger partial charge in [-0.05, 0) is 19.1 Å². The number of benzene rings is 1. The van der Waals surface area contributed by atoms with Crippen LogP contribution >= 0.6 is 11.6 Å². The fourth-order valence-electron chi connectivity index (χ4n) is 1.49. The van der Waals surface area contributed by atoms with Gasteiger partial charge >= 0.3 is 5.97 Å². The Balaban J connectivity index is 2.69. The Kier molecular flexibility index (Phi) is 2.85. The minimum absolute atomic E-state index is 0.00625. The smallest absolute Gasteiger partial charge is 0.341 e. The molecule has 0 aliphatic carbocycles. The summed E-state index contributed by atoms with van der Waals surface area (Å²) in [6.07, 6.45) is 0. The summed E-state index contributed by atoms with van der Waals surface area (Å²) < 4.78 is 18.5. The molecule has 2 aromatic rings. The Morgan fingerprint density at radius 1 is 1.53 bits per heavy atom. The van der Waals surface area contributed by atoms with Gasteiger partial charge < -0.3 is 9.63 Å². The molecule has 0 spiro atoms. The zero-order valence-electron chi connectivity index (χ0n) is 8.70. The summed E-state index contributed by atoms with van der Waals surface area (Å²) in [5, 5.41) is 12.5. The fourth-order valence-corrected chi connectivity index (χ4v) is 1.67. The van der Waals surface area contributed by atoms with Crippen molar-refractivity contribution in [3.05, 3.63) is 40.4 Å². The first kappa shape index (κ1) is 11.6. The van der Waals surface area contributed by atoms with Crippen LogP contribution in [0.25, 0.3) is 11.3 Å². The number of hydrogen-bond acceptors (Lipinski definition) is 3. The van der Waals surface area contributed by atoms with Crippen LogP contribution < -0.4 is 0 Å². The van der Waals surface area contributed by atoms with E-state index in [4.69, 9.17) is 21.2 Å². The van der Waals surface area contributed by atoms with E-state index in [1.807, 2.05) is 0 Å². The highest BCUT2D eigenvalue weighted by atomic mass is 35.5. The number of nitrogens with zero attached hydrogens (tertiary/aromatic N) is 1. The molecule has 0 saturated heterocycles. The Morgan fingerprint density at radius 3 is 2.88 bits per heavy atom. The molecule has 17 heavy (non-hydrogen) atoms. The van der Waals surface area contributed by atoms with Gasteiger partial charge in [0.2, 0.25) is 0 Å². The molecule has 0 unspecified atom stereocenters. The lowest BCUT2D eigenvalue weighted by Crippen LogP contribution is -2.00. The van der Waals surface area contributed by atoms with E-state index in [1.165, 1.54) is 25.1 Å². The monoisotopic (exact) mass is 255 g/mol. The number of halogens is 2. The first-order chi connectivity index (χ1) is 8.02. The third-order valence-corrected chi connectivity index (χ3v) is 2.58. The number of rotatable bonds is 2. The molecule has 0 aliphatic rings. The topological polar surface area (TPSA) is 63.3 Å². The standard InChI is InChI=1S/C11H7ClFNO3/c1-5-8(11(15)16)10(14-17-5)6-3-2-4-7(12)9(6)13/h2-4H,1H3,(H,15,16). The summed E-state index contributed by atoms with van der Waals surface area (Å²) >= 11 is 5.62. The van der Waals surface area contributed by atoms with Crippen LogP contribution in [0.5, 0.6) is 0 Å². The van der Waals surface area contributed by atoms with E-state index in [2.05, 4.69) is 5.16 Å². The van der Waals surface area contributed by atoms with E-state index in [9.17, 15) is 9.18 Å². The predicted molar refractivity (Wildman–Crippen MR) is 58.6 cm³/mol. The number of hydrogen-bond donors (Lipinski definition) is 1. The summed E-state index contributed by atoms with van der Waals surface area (Å²) in [6, 6.07) is 4.27. The number of aryl methyl sites for hydroxylation is 1. The Morgan fingerprint density at radius 2 is 2.24 bits per heavy atom. The fraction of sp³-hybridized carbons (Fsp3) is 0.0909. The second-order valence-corrected chi connectivity index (χ2v) is 3.78. The first-order valence-corrected chi connectivity index (χ1v) is 5.04. The second-order valence-electron chi connectivity index (χ2n) is 3.37. The first-order valence-electron chi connectivity index (χ1n) is 4.66. The van der Waals surface area contributed by atoms with Crippen molar-refractivity contribution in [1.82, 2.24) is 5.16 Å². The minimum atomic E-state index is -1.22. The maximum absolute atomic E-state index is 13.7. The van der Waals surface area contributed by atoms with Gasteiger partial charge in [0.1, 0.15) is 17.0 Å². The van der Waals surface area contributed by atoms with Gasteiger partial charge in [-0.2, -0.15) is 0 Å². The molecule has 0 amide bonds. The summed E-state index contributed by atoms with van der Waals surface area (Å²) in [5.74, 6) is -1.82. The molecule has 0 aliphatic heterocycles. The number of carbonyl (C=O) groups is 1. The van der Waals surface area contributed by atoms with Crippen molar-refractivity contribution in [3.8, 4) is 11.3 Å². The number of carboxylic acid groups (broad SMARTS) is 1. The molecule has 6 heteroatoms. The highest BCUT2D eigenvalue weighted by molar-refractivity contribution is 6.31. The van der Waals surface area contributed by atoms with Crippen LogP contribution in [0.15, 0.2) is 22.7 Å². The molecule has 0 bridgehead atoms. The van der Waals surface area contributed by atoms with Gasteiger partial charge in [-0.15, -0.1) is 0 Å². The van der Waals surface area contributed by atoms with Crippen LogP contribution in [0.1, 0.15) is 16.1 Å². The van der Waals surface area contributed by atoms with E-state index in [-0.39, 0.29) is 27.6 Å². The maximum Gasteiger partial charge on any atom is 0.341 e. The quantitative estimate of drug-likeness (QED) is 0.895. The third kappa shape index (κ3) is 1.89. The van der Waals surface area contributed by atoms with Gasteiger partial charge in [0.05, 0.1) is 5.02 Å². The second kappa shape index (κ2) is 4.18. The van der Waals surface area contributed by atoms with Crippen molar-refractivity contribution in [1.29, 1.82) is 0 Å². The normalized spacial score (nSPS) is 10.5. The number of aromatic carboxylic acids is 1. The van der Waals surface area contributed by atoms with E-state index in [1.54, 1.807) is 0 Å². The molecule has 1 N–H and O–H groups in total. The zero-order chi connectivity index (χ0) is 12.6. The van der Waals surface area contributed by atoms with Crippen LogP contribution in [-0.2, 0) is 0 Å². The molecule has 1 aromatic heterocycles. The molecular weight excluding hydrogens is 249 g/mol. The van der Waals surface area contributed by atoms with E-state index < -0.39 is 11.8 Å². The molecule has 0 fully saturated rings. The Labute approximate surface area is 101 Å². The lowest BCUT2D eigenvalue weighted by Gasteiger charge is -2.01. The van der Waals surface area contributed by atoms with Crippen LogP contribution in [0, 0.1) is 12.7 Å². The van der Waals surface area contributed by atoms with Crippen molar-refractivity contribution in [2.45, 2.75) is 6.92 Å². The van der Waals surface area contributed by atoms with Crippen molar-refractivity contribution in [2.24, 2.45) is 0 Å². The SMILES string of the molecule is Cc1onc(-c2cccc(Cl)c2F)c1C(=O)O. The van der Waals surface area contributed by atoms with Crippen molar-refractivity contribution >= 4 is 17.6 Å². The molecule has 2 rings (SSSR count). The minimum Gasteiger partial charge on any atom is -0.477 e. The predicted octanol–water partition coefficient (Wildman–Crippen LogP) is 3.14. The third-order valence-electron chi connectivity index (χ3n) is 2.28. The van der Waals surface area contributed by atoms with Crippen molar-refractivity contribution in [2.75, 3.05) is 0 Å². The molecule has 0 atom stereocenters. The molecule has 0 radical (unpaired) electrons. The molecule has 0 saturated carbocycles. The van der Waals surface area contributed by atoms with E-state index in [0.717, 1.165) is 0 Å². The van der Waals surface area contributed by atoms with Crippen molar-refractivity contribution < 1.29 is 18.8 Å². The maximum atomic E-state index is 13.7. The summed E-state index contributed by atoms with van der Waals surface area (Å²) in [5.41, 5.74) is -0.215. The number of carboxylic acids is 1. The van der Waals surface area contributed by atoms with Crippen LogP contribution in [0.2, 0.25) is 5.02 Å². The molecule has 1 aromatic carbocycles. The number of aromatic nitrogens is 1. The van der Waals surface area contributed by atoms with Crippen LogP contribution in [0.3, 0.4) is 0 Å². The molecule has 4 nitrogen and oxygen atoms in total. The van der Waals surface area contributed by atoms with Gasteiger partial charge in [-0.25, -0.2) is 9.18 Å². The summed E-state index contributed by atoms with van der Waals surface area (Å²) in [7, 11) is 0. The van der Waals surface area contributed by atoms with Gasteiger partial charge in [-0.3, -0.25) is 0 Å². The Bertz CT molecular complexity index is 594. The van der Waals surface area contributed by atoms with E-state index in [0.29, 0.717) is 0 Å². The highest BCUT2D eigenvalue weighted by Crippen LogP contribution is 2.30. The molecule has 88 valence electrons. The lowest BCUT2D eigenvalue weighted by molar-refractivity contribution is 0.0696.